The predicted octanol–water partition coefficient (Wildman–Crippen LogP) is 1.93. The molecular formula is C17H17ClN6O3S. The fourth-order valence-electron chi connectivity index (χ4n) is 2.45. The summed E-state index contributed by atoms with van der Waals surface area (Å²) in [6, 6.07) is 11.2. The predicted molar refractivity (Wildman–Crippen MR) is 104 cm³/mol. The summed E-state index contributed by atoms with van der Waals surface area (Å²) in [6.45, 7) is 1.85. The molecule has 2 N–H and O–H groups in total. The molecule has 1 aromatic heterocycles. The second kappa shape index (κ2) is 8.46. The van der Waals surface area contributed by atoms with Gasteiger partial charge in [0.25, 0.3) is 0 Å². The van der Waals surface area contributed by atoms with Crippen molar-refractivity contribution < 1.29 is 13.2 Å². The van der Waals surface area contributed by atoms with Gasteiger partial charge in [-0.1, -0.05) is 23.7 Å². The first-order valence-electron chi connectivity index (χ1n) is 8.24. The molecule has 0 radical (unpaired) electrons. The first-order chi connectivity index (χ1) is 13.3. The molecule has 28 heavy (non-hydrogen) atoms. The molecule has 0 atom stereocenters. The summed E-state index contributed by atoms with van der Waals surface area (Å²) in [5.41, 5.74) is 2.21. The standard InChI is InChI=1S/C17H17ClN6O3S/c1-12-5-6-14(10-16(12)24-11-19-22-23-24)21-17(25)7-8-20-28(26,27)15-4-2-3-13(18)9-15/h2-6,9-11,20H,7-8H2,1H3,(H,21,25). The molecule has 3 rings (SSSR count). The van der Waals surface area contributed by atoms with Gasteiger partial charge in [-0.2, -0.15) is 0 Å². The van der Waals surface area contributed by atoms with Crippen LogP contribution in [0.25, 0.3) is 5.69 Å². The van der Waals surface area contributed by atoms with Crippen molar-refractivity contribution in [3.63, 3.8) is 0 Å². The average molecular weight is 421 g/mol. The third-order valence-corrected chi connectivity index (χ3v) is 5.53. The maximum Gasteiger partial charge on any atom is 0.240 e. The molecule has 1 amide bonds. The zero-order valence-electron chi connectivity index (χ0n) is 14.8. The van der Waals surface area contributed by atoms with E-state index in [1.807, 2.05) is 13.0 Å². The van der Waals surface area contributed by atoms with Gasteiger partial charge in [-0.05, 0) is 53.2 Å². The second-order valence-electron chi connectivity index (χ2n) is 5.91. The maximum absolute atomic E-state index is 12.2. The number of halogens is 1. The van der Waals surface area contributed by atoms with Crippen LogP contribution in [0, 0.1) is 6.92 Å². The number of hydrogen-bond donors (Lipinski definition) is 2. The van der Waals surface area contributed by atoms with Gasteiger partial charge in [0.05, 0.1) is 10.6 Å². The van der Waals surface area contributed by atoms with Crippen molar-refractivity contribution >= 4 is 33.2 Å². The van der Waals surface area contributed by atoms with E-state index in [0.29, 0.717) is 10.7 Å². The lowest BCUT2D eigenvalue weighted by Gasteiger charge is -2.10. The molecule has 0 fully saturated rings. The van der Waals surface area contributed by atoms with Crippen LogP contribution in [0.4, 0.5) is 5.69 Å². The van der Waals surface area contributed by atoms with E-state index in [9.17, 15) is 13.2 Å². The lowest BCUT2D eigenvalue weighted by molar-refractivity contribution is -0.116. The Hall–Kier alpha value is -2.82. The molecule has 9 nitrogen and oxygen atoms in total. The average Bonchev–Trinajstić information content (AvgIpc) is 3.17. The zero-order chi connectivity index (χ0) is 20.1. The summed E-state index contributed by atoms with van der Waals surface area (Å²) in [4.78, 5) is 12.2. The number of nitrogens with zero attached hydrogens (tertiary/aromatic N) is 4. The van der Waals surface area contributed by atoms with Gasteiger partial charge >= 0.3 is 0 Å². The van der Waals surface area contributed by atoms with Gasteiger partial charge < -0.3 is 5.32 Å². The molecule has 0 saturated heterocycles. The second-order valence-corrected chi connectivity index (χ2v) is 8.11. The number of carbonyl (C=O) groups is 1. The Bertz CT molecular complexity index is 1090. The van der Waals surface area contributed by atoms with Gasteiger partial charge in [0, 0.05) is 23.7 Å². The summed E-state index contributed by atoms with van der Waals surface area (Å²) in [7, 11) is -3.73. The number of carbonyl (C=O) groups excluding carboxylic acids is 1. The highest BCUT2D eigenvalue weighted by molar-refractivity contribution is 7.89. The Morgan fingerprint density at radius 2 is 2.04 bits per heavy atom. The van der Waals surface area contributed by atoms with Gasteiger partial charge in [0.2, 0.25) is 15.9 Å². The van der Waals surface area contributed by atoms with E-state index in [1.165, 1.54) is 23.1 Å². The van der Waals surface area contributed by atoms with Crippen LogP contribution < -0.4 is 10.0 Å². The number of benzene rings is 2. The van der Waals surface area contributed by atoms with Gasteiger partial charge in [-0.25, -0.2) is 17.8 Å². The molecular weight excluding hydrogens is 404 g/mol. The molecule has 0 aliphatic carbocycles. The summed E-state index contributed by atoms with van der Waals surface area (Å²) in [5.74, 6) is -0.333. The monoisotopic (exact) mass is 420 g/mol. The molecule has 0 saturated carbocycles. The molecule has 3 aromatic rings. The Balaban J connectivity index is 1.58. The van der Waals surface area contributed by atoms with Crippen molar-refractivity contribution in [2.45, 2.75) is 18.2 Å². The number of aromatic nitrogens is 4. The van der Waals surface area contributed by atoms with Crippen LogP contribution in [0.15, 0.2) is 53.7 Å². The van der Waals surface area contributed by atoms with Gasteiger partial charge in [0.15, 0.2) is 0 Å². The van der Waals surface area contributed by atoms with E-state index < -0.39 is 10.0 Å². The van der Waals surface area contributed by atoms with Crippen LogP contribution in [0.5, 0.6) is 0 Å². The van der Waals surface area contributed by atoms with Crippen molar-refractivity contribution in [3.8, 4) is 5.69 Å². The lowest BCUT2D eigenvalue weighted by Crippen LogP contribution is -2.27. The van der Waals surface area contributed by atoms with Crippen LogP contribution in [0.2, 0.25) is 5.02 Å². The minimum Gasteiger partial charge on any atom is -0.326 e. The number of anilines is 1. The molecule has 0 aliphatic heterocycles. The minimum absolute atomic E-state index is 0.0338. The third kappa shape index (κ3) is 4.91. The van der Waals surface area contributed by atoms with E-state index in [2.05, 4.69) is 25.6 Å². The molecule has 2 aromatic carbocycles. The Morgan fingerprint density at radius 1 is 1.21 bits per heavy atom. The summed E-state index contributed by atoms with van der Waals surface area (Å²) in [5, 5.41) is 14.1. The van der Waals surface area contributed by atoms with E-state index in [-0.39, 0.29) is 23.8 Å². The number of sulfonamides is 1. The lowest BCUT2D eigenvalue weighted by atomic mass is 10.2. The number of tetrazole rings is 1. The number of hydrogen-bond acceptors (Lipinski definition) is 6. The largest absolute Gasteiger partial charge is 0.326 e. The van der Waals surface area contributed by atoms with Crippen LogP contribution in [0.3, 0.4) is 0 Å². The smallest absolute Gasteiger partial charge is 0.240 e. The first-order valence-corrected chi connectivity index (χ1v) is 10.1. The highest BCUT2D eigenvalue weighted by Gasteiger charge is 2.15. The van der Waals surface area contributed by atoms with Crippen molar-refractivity contribution in [1.82, 2.24) is 24.9 Å². The zero-order valence-corrected chi connectivity index (χ0v) is 16.4. The molecule has 146 valence electrons. The van der Waals surface area contributed by atoms with Crippen LogP contribution in [0.1, 0.15) is 12.0 Å². The van der Waals surface area contributed by atoms with E-state index >= 15 is 0 Å². The van der Waals surface area contributed by atoms with Crippen LogP contribution in [-0.4, -0.2) is 41.1 Å². The van der Waals surface area contributed by atoms with Gasteiger partial charge in [-0.15, -0.1) is 5.10 Å². The van der Waals surface area contributed by atoms with Crippen molar-refractivity contribution in [2.24, 2.45) is 0 Å². The Labute approximate surface area is 166 Å². The normalized spacial score (nSPS) is 11.4. The van der Waals surface area contributed by atoms with Crippen LogP contribution in [-0.2, 0) is 14.8 Å². The van der Waals surface area contributed by atoms with Crippen LogP contribution >= 0.6 is 11.6 Å². The summed E-state index contributed by atoms with van der Waals surface area (Å²) < 4.78 is 28.3. The highest BCUT2D eigenvalue weighted by atomic mass is 35.5. The molecule has 0 aliphatic rings. The first kappa shape index (κ1) is 19.9. The van der Waals surface area contributed by atoms with E-state index in [1.54, 1.807) is 24.3 Å². The highest BCUT2D eigenvalue weighted by Crippen LogP contribution is 2.18. The fraction of sp³-hybridized carbons (Fsp3) is 0.176. The number of rotatable bonds is 7. The van der Waals surface area contributed by atoms with E-state index in [4.69, 9.17) is 11.6 Å². The SMILES string of the molecule is Cc1ccc(NC(=O)CCNS(=O)(=O)c2cccc(Cl)c2)cc1-n1cnnn1. The topological polar surface area (TPSA) is 119 Å². The summed E-state index contributed by atoms with van der Waals surface area (Å²) >= 11 is 5.82. The number of amides is 1. The number of aryl methyl sites for hydroxylation is 1. The molecule has 1 heterocycles. The molecule has 0 spiro atoms. The Morgan fingerprint density at radius 3 is 2.75 bits per heavy atom. The third-order valence-electron chi connectivity index (χ3n) is 3.84. The molecule has 0 unspecified atom stereocenters. The van der Waals surface area contributed by atoms with Crippen molar-refractivity contribution in [2.75, 3.05) is 11.9 Å². The molecule has 0 bridgehead atoms. The van der Waals surface area contributed by atoms with Gasteiger partial charge in [0.1, 0.15) is 6.33 Å². The number of nitrogens with one attached hydrogen (secondary N) is 2. The maximum atomic E-state index is 12.2. The summed E-state index contributed by atoms with van der Waals surface area (Å²) in [6.07, 6.45) is 1.42. The van der Waals surface area contributed by atoms with E-state index in [0.717, 1.165) is 11.3 Å². The fourth-order valence-corrected chi connectivity index (χ4v) is 3.78. The Kier molecular flexibility index (Phi) is 6.02. The quantitative estimate of drug-likeness (QED) is 0.602. The van der Waals surface area contributed by atoms with Crippen molar-refractivity contribution in [1.29, 1.82) is 0 Å². The minimum atomic E-state index is -3.73. The van der Waals surface area contributed by atoms with Gasteiger partial charge in [-0.3, -0.25) is 4.79 Å². The molecule has 11 heteroatoms. The van der Waals surface area contributed by atoms with Crippen molar-refractivity contribution in [3.05, 3.63) is 59.4 Å².